The Morgan fingerprint density at radius 2 is 1.17 bits per heavy atom. The van der Waals surface area contributed by atoms with Crippen LogP contribution < -0.4 is 9.47 Å². The monoisotopic (exact) mass is 400 g/mol. The van der Waals surface area contributed by atoms with E-state index in [1.807, 2.05) is 84.9 Å². The second kappa shape index (κ2) is 9.44. The maximum atomic E-state index is 9.91. The zero-order valence-electron chi connectivity index (χ0n) is 16.6. The van der Waals surface area contributed by atoms with E-state index >= 15 is 0 Å². The molecule has 152 valence electrons. The van der Waals surface area contributed by atoms with Gasteiger partial charge in [-0.25, -0.2) is 0 Å². The summed E-state index contributed by atoms with van der Waals surface area (Å²) in [6.45, 7) is 4.03. The Morgan fingerprint density at radius 3 is 1.67 bits per heavy atom. The van der Waals surface area contributed by atoms with E-state index in [1.54, 1.807) is 0 Å². The van der Waals surface area contributed by atoms with Crippen molar-refractivity contribution in [2.45, 2.75) is 12.4 Å². The molecule has 0 fully saturated rings. The molecule has 0 aromatic heterocycles. The molecular formula is C26H24O4. The summed E-state index contributed by atoms with van der Waals surface area (Å²) in [4.78, 5) is 0. The molecule has 0 saturated carbocycles. The van der Waals surface area contributed by atoms with Crippen molar-refractivity contribution in [1.82, 2.24) is 0 Å². The summed E-state index contributed by atoms with van der Waals surface area (Å²) in [6, 6.07) is 27.9. The third-order valence-electron chi connectivity index (χ3n) is 4.88. The lowest BCUT2D eigenvalue weighted by Gasteiger charge is -2.22. The van der Waals surface area contributed by atoms with Crippen LogP contribution in [0.5, 0.6) is 11.5 Å². The quantitative estimate of drug-likeness (QED) is 0.304. The van der Waals surface area contributed by atoms with Gasteiger partial charge in [0.2, 0.25) is 0 Å². The largest absolute Gasteiger partial charge is 0.490 e. The Kier molecular flexibility index (Phi) is 6.28. The summed E-state index contributed by atoms with van der Waals surface area (Å²) in [7, 11) is 0. The summed E-state index contributed by atoms with van der Waals surface area (Å²) < 4.78 is 17.8. The van der Waals surface area contributed by atoms with E-state index in [2.05, 4.69) is 6.58 Å². The predicted octanol–water partition coefficient (Wildman–Crippen LogP) is 5.34. The van der Waals surface area contributed by atoms with Gasteiger partial charge in [0.1, 0.15) is 30.8 Å². The van der Waals surface area contributed by atoms with Crippen molar-refractivity contribution in [2.75, 3.05) is 13.2 Å². The molecule has 0 spiro atoms. The molecule has 4 aromatic carbocycles. The average Bonchev–Trinajstić information content (AvgIpc) is 2.80. The summed E-state index contributed by atoms with van der Waals surface area (Å²) in [5, 5.41) is 14.2. The van der Waals surface area contributed by atoms with Crippen LogP contribution in [0.2, 0.25) is 0 Å². The summed E-state index contributed by atoms with van der Waals surface area (Å²) in [5.41, 5.74) is 0. The molecule has 4 aromatic rings. The molecule has 0 heterocycles. The lowest BCUT2D eigenvalue weighted by atomic mass is 10.1. The molecule has 0 aliphatic carbocycles. The van der Waals surface area contributed by atoms with Gasteiger partial charge in [-0.3, -0.25) is 0 Å². The van der Waals surface area contributed by atoms with E-state index < -0.39 is 12.4 Å². The first-order valence-corrected chi connectivity index (χ1v) is 9.92. The second-order valence-corrected chi connectivity index (χ2v) is 6.96. The minimum absolute atomic E-state index is 0.226. The van der Waals surface area contributed by atoms with Crippen LogP contribution in [0, 0.1) is 0 Å². The Balaban J connectivity index is 1.49. The highest BCUT2D eigenvalue weighted by Gasteiger charge is 2.16. The van der Waals surface area contributed by atoms with E-state index in [0.29, 0.717) is 0 Å². The number of aliphatic hydroxyl groups is 1. The fourth-order valence-electron chi connectivity index (χ4n) is 3.39. The van der Waals surface area contributed by atoms with Crippen molar-refractivity contribution in [3.8, 4) is 11.5 Å². The molecule has 4 nitrogen and oxygen atoms in total. The maximum absolute atomic E-state index is 9.91. The molecule has 0 bridgehead atoms. The van der Waals surface area contributed by atoms with Crippen molar-refractivity contribution in [1.29, 1.82) is 0 Å². The smallest absolute Gasteiger partial charge is 0.174 e. The zero-order valence-corrected chi connectivity index (χ0v) is 16.6. The standard InChI is InChI=1S/C26H24O4/c1-2-26(27)30-21(17-28-24-15-7-11-19-9-3-5-13-22(19)24)18-29-25-16-8-12-20-10-4-6-14-23(20)25/h2-16,21,26-27H,1,17-18H2. The Morgan fingerprint density at radius 1 is 0.700 bits per heavy atom. The van der Waals surface area contributed by atoms with E-state index in [0.717, 1.165) is 33.0 Å². The molecule has 4 heteroatoms. The molecular weight excluding hydrogens is 376 g/mol. The van der Waals surface area contributed by atoms with Gasteiger partial charge in [-0.15, -0.1) is 0 Å². The van der Waals surface area contributed by atoms with Gasteiger partial charge in [0.25, 0.3) is 0 Å². The first-order chi connectivity index (χ1) is 14.7. The van der Waals surface area contributed by atoms with Gasteiger partial charge >= 0.3 is 0 Å². The third kappa shape index (κ3) is 4.62. The van der Waals surface area contributed by atoms with Crippen LogP contribution in [-0.4, -0.2) is 30.7 Å². The summed E-state index contributed by atoms with van der Waals surface area (Å²) in [5.74, 6) is 1.53. The molecule has 30 heavy (non-hydrogen) atoms. The highest BCUT2D eigenvalue weighted by Crippen LogP contribution is 2.27. The highest BCUT2D eigenvalue weighted by atomic mass is 16.6. The fourth-order valence-corrected chi connectivity index (χ4v) is 3.39. The molecule has 0 aliphatic heterocycles. The van der Waals surface area contributed by atoms with E-state index in [1.165, 1.54) is 6.08 Å². The van der Waals surface area contributed by atoms with Gasteiger partial charge in [-0.05, 0) is 29.0 Å². The maximum Gasteiger partial charge on any atom is 0.174 e. The van der Waals surface area contributed by atoms with Gasteiger partial charge in [0.05, 0.1) is 0 Å². The highest BCUT2D eigenvalue weighted by molar-refractivity contribution is 5.88. The van der Waals surface area contributed by atoms with E-state index in [9.17, 15) is 5.11 Å². The van der Waals surface area contributed by atoms with E-state index in [-0.39, 0.29) is 13.2 Å². The Labute approximate surface area is 175 Å². The van der Waals surface area contributed by atoms with E-state index in [4.69, 9.17) is 14.2 Å². The van der Waals surface area contributed by atoms with Crippen molar-refractivity contribution in [3.63, 3.8) is 0 Å². The molecule has 1 atom stereocenters. The number of hydrogen-bond donors (Lipinski definition) is 1. The molecule has 1 unspecified atom stereocenters. The van der Waals surface area contributed by atoms with Crippen LogP contribution >= 0.6 is 0 Å². The minimum Gasteiger partial charge on any atom is -0.490 e. The predicted molar refractivity (Wildman–Crippen MR) is 120 cm³/mol. The number of rotatable bonds is 9. The van der Waals surface area contributed by atoms with Gasteiger partial charge < -0.3 is 19.3 Å². The lowest BCUT2D eigenvalue weighted by Crippen LogP contribution is -2.32. The van der Waals surface area contributed by atoms with Crippen LogP contribution in [0.15, 0.2) is 97.6 Å². The topological polar surface area (TPSA) is 47.9 Å². The van der Waals surface area contributed by atoms with Crippen molar-refractivity contribution in [2.24, 2.45) is 0 Å². The van der Waals surface area contributed by atoms with Crippen LogP contribution in [-0.2, 0) is 4.74 Å². The molecule has 0 aliphatic rings. The summed E-state index contributed by atoms with van der Waals surface area (Å²) in [6.07, 6.45) is -0.249. The molecule has 0 radical (unpaired) electrons. The van der Waals surface area contributed by atoms with Crippen molar-refractivity contribution in [3.05, 3.63) is 97.6 Å². The van der Waals surface area contributed by atoms with Crippen molar-refractivity contribution < 1.29 is 19.3 Å². The lowest BCUT2D eigenvalue weighted by molar-refractivity contribution is -0.125. The average molecular weight is 400 g/mol. The third-order valence-corrected chi connectivity index (χ3v) is 4.88. The second-order valence-electron chi connectivity index (χ2n) is 6.96. The fraction of sp³-hybridized carbons (Fsp3) is 0.154. The Bertz CT molecular complexity index is 1040. The van der Waals surface area contributed by atoms with Gasteiger partial charge in [-0.2, -0.15) is 0 Å². The first kappa shape index (κ1) is 20.0. The van der Waals surface area contributed by atoms with Gasteiger partial charge in [-0.1, -0.05) is 79.4 Å². The van der Waals surface area contributed by atoms with Crippen LogP contribution in [0.1, 0.15) is 0 Å². The minimum atomic E-state index is -1.10. The van der Waals surface area contributed by atoms with Crippen LogP contribution in [0.25, 0.3) is 21.5 Å². The number of ether oxygens (including phenoxy) is 3. The zero-order chi connectivity index (χ0) is 20.8. The van der Waals surface area contributed by atoms with Crippen LogP contribution in [0.3, 0.4) is 0 Å². The van der Waals surface area contributed by atoms with Crippen LogP contribution in [0.4, 0.5) is 0 Å². The SMILES string of the molecule is C=CC(O)OC(COc1cccc2ccccc12)COc1cccc2ccccc12. The molecule has 0 saturated heterocycles. The number of hydrogen-bond acceptors (Lipinski definition) is 4. The Hall–Kier alpha value is -3.34. The molecule has 4 rings (SSSR count). The normalized spacial score (nSPS) is 12.2. The first-order valence-electron chi connectivity index (χ1n) is 9.92. The number of fused-ring (bicyclic) bond motifs is 2. The van der Waals surface area contributed by atoms with Crippen molar-refractivity contribution >= 4 is 21.5 Å². The molecule has 0 amide bonds. The molecule has 1 N–H and O–H groups in total. The summed E-state index contributed by atoms with van der Waals surface area (Å²) >= 11 is 0. The number of benzene rings is 4. The van der Waals surface area contributed by atoms with Gasteiger partial charge in [0.15, 0.2) is 6.29 Å². The van der Waals surface area contributed by atoms with Gasteiger partial charge in [0, 0.05) is 10.8 Å². The number of aliphatic hydroxyl groups excluding tert-OH is 1.